The van der Waals surface area contributed by atoms with Gasteiger partial charge in [0.1, 0.15) is 22.9 Å². The third-order valence-corrected chi connectivity index (χ3v) is 6.66. The SMILES string of the molecule is CN1CC[C@]1(c1ccccc1OC1NCCCC1NC(=O)Nc1ccc(OC(F)(F)F)cc1F)C(F)(F)F. The normalized spacial score (nSPS) is 24.3. The van der Waals surface area contributed by atoms with Crippen LogP contribution in [0.25, 0.3) is 0 Å². The number of ether oxygens (including phenoxy) is 2. The van der Waals surface area contributed by atoms with Gasteiger partial charge in [0.05, 0.1) is 11.7 Å². The van der Waals surface area contributed by atoms with E-state index in [0.29, 0.717) is 25.5 Å². The van der Waals surface area contributed by atoms with E-state index < -0.39 is 53.6 Å². The first-order chi connectivity index (χ1) is 17.8. The Morgan fingerprint density at radius 2 is 1.87 bits per heavy atom. The van der Waals surface area contributed by atoms with E-state index in [1.165, 1.54) is 30.1 Å². The van der Waals surface area contributed by atoms with Gasteiger partial charge >= 0.3 is 18.6 Å². The standard InChI is InChI=1S/C24H25F7N4O3/c1-35-12-10-22(35,23(26,27)28)15-5-2-3-7-19(15)37-20-18(6-4-11-32-20)34-21(36)33-17-9-8-14(13-16(17)25)38-24(29,30)31/h2-3,5,7-9,13,18,20,32H,4,6,10-12H2,1H3,(H2,33,34,36)/t18?,20?,22-/m0/s1. The Hall–Kier alpha value is -3.26. The molecule has 14 heteroatoms. The summed E-state index contributed by atoms with van der Waals surface area (Å²) in [5, 5.41) is 7.84. The third-order valence-electron chi connectivity index (χ3n) is 6.66. The van der Waals surface area contributed by atoms with Crippen molar-refractivity contribution in [3.8, 4) is 11.5 Å². The van der Waals surface area contributed by atoms with Gasteiger partial charge in [0, 0.05) is 18.2 Å². The molecule has 0 radical (unpaired) electrons. The lowest BCUT2D eigenvalue weighted by Gasteiger charge is -2.52. The molecule has 2 aromatic carbocycles. The van der Waals surface area contributed by atoms with E-state index in [2.05, 4.69) is 20.7 Å². The van der Waals surface area contributed by atoms with Gasteiger partial charge in [-0.1, -0.05) is 18.2 Å². The minimum Gasteiger partial charge on any atom is -0.473 e. The van der Waals surface area contributed by atoms with Gasteiger partial charge < -0.3 is 20.1 Å². The summed E-state index contributed by atoms with van der Waals surface area (Å²) in [5.74, 6) is -1.94. The number of carbonyl (C=O) groups excluding carboxylic acids is 1. The van der Waals surface area contributed by atoms with Gasteiger partial charge in [0.25, 0.3) is 0 Å². The zero-order valence-corrected chi connectivity index (χ0v) is 20.0. The topological polar surface area (TPSA) is 74.9 Å². The highest BCUT2D eigenvalue weighted by molar-refractivity contribution is 5.89. The number of para-hydroxylation sites is 1. The van der Waals surface area contributed by atoms with Gasteiger partial charge in [-0.3, -0.25) is 10.2 Å². The average Bonchev–Trinajstić information content (AvgIpc) is 2.80. The molecule has 0 saturated carbocycles. The molecule has 2 saturated heterocycles. The maximum atomic E-state index is 14.2. The van der Waals surface area contributed by atoms with E-state index in [-0.39, 0.29) is 24.3 Å². The Morgan fingerprint density at radius 1 is 1.13 bits per heavy atom. The number of hydrogen-bond donors (Lipinski definition) is 3. The number of benzene rings is 2. The molecule has 2 aliphatic heterocycles. The van der Waals surface area contributed by atoms with E-state index >= 15 is 0 Å². The Balaban J connectivity index is 1.47. The van der Waals surface area contributed by atoms with Gasteiger partial charge in [-0.05, 0) is 51.1 Å². The minimum atomic E-state index is -5.01. The molecule has 38 heavy (non-hydrogen) atoms. The summed E-state index contributed by atoms with van der Waals surface area (Å²) in [6.07, 6.45) is -9.58. The molecule has 2 fully saturated rings. The smallest absolute Gasteiger partial charge is 0.473 e. The largest absolute Gasteiger partial charge is 0.573 e. The van der Waals surface area contributed by atoms with Crippen LogP contribution in [-0.2, 0) is 5.54 Å². The van der Waals surface area contributed by atoms with Crippen molar-refractivity contribution in [1.82, 2.24) is 15.5 Å². The van der Waals surface area contributed by atoms with Crippen LogP contribution in [0.2, 0.25) is 0 Å². The van der Waals surface area contributed by atoms with Crippen molar-refractivity contribution in [3.63, 3.8) is 0 Å². The van der Waals surface area contributed by atoms with Gasteiger partial charge in [-0.15, -0.1) is 13.2 Å². The highest BCUT2D eigenvalue weighted by atomic mass is 19.4. The first-order valence-corrected chi connectivity index (χ1v) is 11.7. The van der Waals surface area contributed by atoms with Crippen molar-refractivity contribution in [2.75, 3.05) is 25.5 Å². The number of carbonyl (C=O) groups is 1. The Kier molecular flexibility index (Phi) is 7.66. The molecule has 2 aliphatic rings. The van der Waals surface area contributed by atoms with E-state index in [1.54, 1.807) is 6.07 Å². The molecule has 0 spiro atoms. The molecule has 4 rings (SSSR count). The molecule has 2 heterocycles. The molecule has 0 bridgehead atoms. The van der Waals surface area contributed by atoms with Crippen molar-refractivity contribution >= 4 is 11.7 Å². The highest BCUT2D eigenvalue weighted by Crippen LogP contribution is 2.53. The number of anilines is 1. The van der Waals surface area contributed by atoms with Crippen molar-refractivity contribution in [2.45, 2.75) is 49.6 Å². The summed E-state index contributed by atoms with van der Waals surface area (Å²) in [4.78, 5) is 13.8. The molecule has 2 amide bonds. The fourth-order valence-electron chi connectivity index (χ4n) is 4.71. The fraction of sp³-hybridized carbons (Fsp3) is 0.458. The molecular weight excluding hydrogens is 525 g/mol. The molecule has 2 aromatic rings. The van der Waals surface area contributed by atoms with Gasteiger partial charge in [0.2, 0.25) is 0 Å². The Morgan fingerprint density at radius 3 is 2.47 bits per heavy atom. The summed E-state index contributed by atoms with van der Waals surface area (Å²) in [6.45, 7) is 0.742. The van der Waals surface area contributed by atoms with Crippen LogP contribution in [0.15, 0.2) is 42.5 Å². The number of nitrogens with one attached hydrogen (secondary N) is 3. The van der Waals surface area contributed by atoms with Gasteiger partial charge in [-0.25, -0.2) is 9.18 Å². The minimum absolute atomic E-state index is 0.00859. The van der Waals surface area contributed by atoms with Crippen molar-refractivity contribution < 1.29 is 45.0 Å². The molecule has 3 atom stereocenters. The number of nitrogens with zero attached hydrogens (tertiary/aromatic N) is 1. The highest BCUT2D eigenvalue weighted by Gasteiger charge is 2.64. The molecule has 3 N–H and O–H groups in total. The van der Waals surface area contributed by atoms with Crippen LogP contribution >= 0.6 is 0 Å². The number of piperidine rings is 1. The number of amides is 2. The quantitative estimate of drug-likeness (QED) is 0.437. The average molecular weight is 550 g/mol. The first-order valence-electron chi connectivity index (χ1n) is 11.7. The van der Waals surface area contributed by atoms with E-state index in [4.69, 9.17) is 4.74 Å². The maximum Gasteiger partial charge on any atom is 0.573 e. The van der Waals surface area contributed by atoms with Crippen molar-refractivity contribution in [2.24, 2.45) is 0 Å². The summed E-state index contributed by atoms with van der Waals surface area (Å²) in [7, 11) is 1.39. The van der Waals surface area contributed by atoms with Crippen LogP contribution in [0.3, 0.4) is 0 Å². The molecular formula is C24H25F7N4O3. The molecule has 7 nitrogen and oxygen atoms in total. The molecule has 2 unspecified atom stereocenters. The predicted octanol–water partition coefficient (Wildman–Crippen LogP) is 5.10. The van der Waals surface area contributed by atoms with Crippen molar-refractivity contribution in [1.29, 1.82) is 0 Å². The number of halogens is 7. The lowest BCUT2D eigenvalue weighted by atomic mass is 9.77. The summed E-state index contributed by atoms with van der Waals surface area (Å²) >= 11 is 0. The lowest BCUT2D eigenvalue weighted by Crippen LogP contribution is -2.64. The van der Waals surface area contributed by atoms with Crippen LogP contribution in [0.5, 0.6) is 11.5 Å². The van der Waals surface area contributed by atoms with Crippen LogP contribution in [-0.4, -0.2) is 55.9 Å². The summed E-state index contributed by atoms with van der Waals surface area (Å²) in [5.41, 5.74) is -2.64. The molecule has 0 aliphatic carbocycles. The lowest BCUT2D eigenvalue weighted by molar-refractivity contribution is -0.274. The van der Waals surface area contributed by atoms with Gasteiger partial charge in [-0.2, -0.15) is 13.2 Å². The van der Waals surface area contributed by atoms with Gasteiger partial charge in [0.15, 0.2) is 6.23 Å². The van der Waals surface area contributed by atoms with Crippen LogP contribution < -0.4 is 25.4 Å². The number of urea groups is 1. The number of rotatable bonds is 6. The fourth-order valence-corrected chi connectivity index (χ4v) is 4.71. The van der Waals surface area contributed by atoms with Crippen LogP contribution in [0.1, 0.15) is 24.8 Å². The first kappa shape index (κ1) is 27.8. The third kappa shape index (κ3) is 5.75. The summed E-state index contributed by atoms with van der Waals surface area (Å²) < 4.78 is 103. The molecule has 208 valence electrons. The van der Waals surface area contributed by atoms with Crippen molar-refractivity contribution in [3.05, 3.63) is 53.8 Å². The predicted molar refractivity (Wildman–Crippen MR) is 122 cm³/mol. The zero-order chi connectivity index (χ0) is 27.7. The van der Waals surface area contributed by atoms with Crippen LogP contribution in [0.4, 0.5) is 41.2 Å². The zero-order valence-electron chi connectivity index (χ0n) is 20.0. The monoisotopic (exact) mass is 550 g/mol. The molecule has 0 aromatic heterocycles. The second-order valence-corrected chi connectivity index (χ2v) is 9.05. The summed E-state index contributed by atoms with van der Waals surface area (Å²) in [6, 6.07) is 6.47. The maximum absolute atomic E-state index is 14.2. The Bertz CT molecular complexity index is 1160. The second-order valence-electron chi connectivity index (χ2n) is 9.05. The second kappa shape index (κ2) is 10.5. The number of likely N-dealkylation sites (tertiary alicyclic amines) is 1. The van der Waals surface area contributed by atoms with Crippen LogP contribution in [0, 0.1) is 5.82 Å². The van der Waals surface area contributed by atoms with E-state index in [9.17, 15) is 35.5 Å². The number of alkyl halides is 6. The van der Waals surface area contributed by atoms with E-state index in [0.717, 1.165) is 12.1 Å². The Labute approximate surface area is 213 Å². The van der Waals surface area contributed by atoms with E-state index in [1.807, 2.05) is 0 Å². The number of hydrogen-bond acceptors (Lipinski definition) is 5.